The smallest absolute Gasteiger partial charge is 0.338 e. The Bertz CT molecular complexity index is 776. The van der Waals surface area contributed by atoms with Gasteiger partial charge in [-0.25, -0.2) is 4.39 Å². The molecule has 2 aliphatic rings. The molecule has 1 aromatic rings. The normalized spacial score (nSPS) is 29.2. The first-order valence-corrected chi connectivity index (χ1v) is 12.3. The van der Waals surface area contributed by atoms with Crippen LogP contribution in [-0.2, 0) is 16.6 Å². The Kier molecular flexibility index (Phi) is 9.04. The van der Waals surface area contributed by atoms with Crippen LogP contribution in [-0.4, -0.2) is 18.6 Å². The first-order chi connectivity index (χ1) is 15.8. The summed E-state index contributed by atoms with van der Waals surface area (Å²) in [6, 6.07) is 8.40. The maximum absolute atomic E-state index is 13.2. The fraction of sp³-hybridized carbons (Fsp3) is 0.643. The van der Waals surface area contributed by atoms with E-state index in [1.165, 1.54) is 44.1 Å². The second kappa shape index (κ2) is 11.6. The molecular formula is C28H36F4O. The van der Waals surface area contributed by atoms with Gasteiger partial charge in [0.2, 0.25) is 0 Å². The monoisotopic (exact) mass is 464 g/mol. The topological polar surface area (TPSA) is 9.23 Å². The van der Waals surface area contributed by atoms with Gasteiger partial charge in [0, 0.05) is 0 Å². The highest BCUT2D eigenvalue weighted by molar-refractivity contribution is 5.37. The van der Waals surface area contributed by atoms with Crippen molar-refractivity contribution in [2.75, 3.05) is 0 Å². The first-order valence-electron chi connectivity index (χ1n) is 12.3. The molecule has 2 fully saturated rings. The molecule has 2 aliphatic carbocycles. The third-order valence-electron chi connectivity index (χ3n) is 7.72. The zero-order valence-corrected chi connectivity index (χ0v) is 19.4. The van der Waals surface area contributed by atoms with Gasteiger partial charge in [-0.2, -0.15) is 13.2 Å². The molecule has 1 aromatic carbocycles. The van der Waals surface area contributed by atoms with Crippen molar-refractivity contribution in [1.29, 1.82) is 0 Å². The fourth-order valence-electron chi connectivity index (χ4n) is 5.51. The standard InChI is InChI=1S/C28H36F4O/c1-3-5-6-21-7-9-22(10-8-21)11-12-23-13-15-24(16-14-23)27(4-2)19-17-25(18-20-27)33-26(29)28(30,31)32/h2-3,13-16,21-22,25-26H,1,5-12,17-20H2/t21-,22-,25?,26?,27?. The van der Waals surface area contributed by atoms with Crippen molar-refractivity contribution in [3.05, 3.63) is 48.0 Å². The molecule has 33 heavy (non-hydrogen) atoms. The second-order valence-corrected chi connectivity index (χ2v) is 9.91. The average Bonchev–Trinajstić information content (AvgIpc) is 2.82. The summed E-state index contributed by atoms with van der Waals surface area (Å²) in [6.07, 6.45) is 10.5. The van der Waals surface area contributed by atoms with Gasteiger partial charge in [-0.15, -0.1) is 13.0 Å². The van der Waals surface area contributed by atoms with Crippen molar-refractivity contribution >= 4 is 0 Å². The van der Waals surface area contributed by atoms with Gasteiger partial charge in [0.05, 0.1) is 11.5 Å². The Morgan fingerprint density at radius 3 is 2.12 bits per heavy atom. The molecule has 0 aliphatic heterocycles. The van der Waals surface area contributed by atoms with Crippen LogP contribution >= 0.6 is 0 Å². The quantitative estimate of drug-likeness (QED) is 0.204. The lowest BCUT2D eigenvalue weighted by Gasteiger charge is -2.37. The van der Waals surface area contributed by atoms with Crippen molar-refractivity contribution in [3.63, 3.8) is 0 Å². The highest BCUT2D eigenvalue weighted by Crippen LogP contribution is 2.41. The van der Waals surface area contributed by atoms with E-state index in [-0.39, 0.29) is 0 Å². The Morgan fingerprint density at radius 2 is 1.61 bits per heavy atom. The number of benzene rings is 1. The second-order valence-electron chi connectivity index (χ2n) is 9.91. The van der Waals surface area contributed by atoms with Gasteiger partial charge >= 0.3 is 6.18 Å². The zero-order valence-electron chi connectivity index (χ0n) is 19.4. The number of hydrogen-bond acceptors (Lipinski definition) is 1. The summed E-state index contributed by atoms with van der Waals surface area (Å²) in [4.78, 5) is 0. The molecule has 0 amide bonds. The van der Waals surface area contributed by atoms with Crippen molar-refractivity contribution in [2.24, 2.45) is 11.8 Å². The molecule has 0 aromatic heterocycles. The molecular weight excluding hydrogens is 428 g/mol. The predicted octanol–water partition coefficient (Wildman–Crippen LogP) is 8.08. The van der Waals surface area contributed by atoms with Crippen molar-refractivity contribution in [3.8, 4) is 12.3 Å². The number of aryl methyl sites for hydroxylation is 1. The minimum Gasteiger partial charge on any atom is -0.338 e. The van der Waals surface area contributed by atoms with Crippen LogP contribution in [0.5, 0.6) is 0 Å². The number of halogens is 4. The van der Waals surface area contributed by atoms with E-state index < -0.39 is 24.1 Å². The molecule has 0 spiro atoms. The van der Waals surface area contributed by atoms with E-state index in [0.29, 0.717) is 25.7 Å². The molecule has 3 rings (SSSR count). The van der Waals surface area contributed by atoms with Gasteiger partial charge < -0.3 is 4.74 Å². The van der Waals surface area contributed by atoms with Crippen LogP contribution in [0.2, 0.25) is 0 Å². The van der Waals surface area contributed by atoms with Crippen LogP contribution in [0.25, 0.3) is 0 Å². The summed E-state index contributed by atoms with van der Waals surface area (Å²) in [5, 5.41) is 0. The molecule has 0 bridgehead atoms. The number of terminal acetylenes is 1. The predicted molar refractivity (Wildman–Crippen MR) is 124 cm³/mol. The van der Waals surface area contributed by atoms with E-state index in [1.54, 1.807) is 0 Å². The van der Waals surface area contributed by atoms with Crippen LogP contribution in [0, 0.1) is 24.2 Å². The van der Waals surface area contributed by atoms with Gasteiger partial charge in [-0.1, -0.05) is 61.9 Å². The largest absolute Gasteiger partial charge is 0.445 e. The minimum absolute atomic E-state index is 0.317. The summed E-state index contributed by atoms with van der Waals surface area (Å²) >= 11 is 0. The van der Waals surface area contributed by atoms with Gasteiger partial charge in [0.25, 0.3) is 6.36 Å². The van der Waals surface area contributed by atoms with E-state index in [1.807, 2.05) is 6.08 Å². The molecule has 1 nitrogen and oxygen atoms in total. The molecule has 0 saturated heterocycles. The van der Waals surface area contributed by atoms with E-state index in [4.69, 9.17) is 6.42 Å². The molecule has 0 radical (unpaired) electrons. The van der Waals surface area contributed by atoms with Crippen LogP contribution < -0.4 is 0 Å². The van der Waals surface area contributed by atoms with Crippen molar-refractivity contribution in [1.82, 2.24) is 0 Å². The summed E-state index contributed by atoms with van der Waals surface area (Å²) in [5.41, 5.74) is 1.79. The van der Waals surface area contributed by atoms with Crippen molar-refractivity contribution < 1.29 is 22.3 Å². The third kappa shape index (κ3) is 7.09. The van der Waals surface area contributed by atoms with Crippen LogP contribution in [0.3, 0.4) is 0 Å². The third-order valence-corrected chi connectivity index (χ3v) is 7.72. The summed E-state index contributed by atoms with van der Waals surface area (Å²) < 4.78 is 55.1. The highest BCUT2D eigenvalue weighted by Gasteiger charge is 2.44. The van der Waals surface area contributed by atoms with Crippen molar-refractivity contribution in [2.45, 2.75) is 101 Å². The van der Waals surface area contributed by atoms with E-state index in [0.717, 1.165) is 30.2 Å². The Balaban J connectivity index is 1.48. The molecule has 2 saturated carbocycles. The summed E-state index contributed by atoms with van der Waals surface area (Å²) in [6.45, 7) is 3.82. The number of alkyl halides is 4. The SMILES string of the molecule is C#CC1(c2ccc(CC[C@H]3CC[C@H](CCC=C)CC3)cc2)CCC(OC(F)C(F)(F)F)CC1. The lowest BCUT2D eigenvalue weighted by molar-refractivity contribution is -0.279. The molecule has 1 unspecified atom stereocenters. The summed E-state index contributed by atoms with van der Waals surface area (Å²) in [7, 11) is 0. The Labute approximate surface area is 196 Å². The minimum atomic E-state index is -4.98. The van der Waals surface area contributed by atoms with Gasteiger partial charge in [0.15, 0.2) is 0 Å². The molecule has 0 N–H and O–H groups in total. The van der Waals surface area contributed by atoms with Gasteiger partial charge in [-0.3, -0.25) is 0 Å². The Morgan fingerprint density at radius 1 is 1.03 bits per heavy atom. The maximum atomic E-state index is 13.2. The van der Waals surface area contributed by atoms with Gasteiger partial charge in [-0.05, 0) is 74.3 Å². The lowest BCUT2D eigenvalue weighted by atomic mass is 9.69. The van der Waals surface area contributed by atoms with Crippen LogP contribution in [0.4, 0.5) is 17.6 Å². The van der Waals surface area contributed by atoms with Gasteiger partial charge in [0.1, 0.15) is 0 Å². The molecule has 5 heteroatoms. The number of hydrogen-bond donors (Lipinski definition) is 0. The zero-order chi connectivity index (χ0) is 23.9. The van der Waals surface area contributed by atoms with E-state index >= 15 is 0 Å². The van der Waals surface area contributed by atoms with Crippen LogP contribution in [0.1, 0.15) is 81.8 Å². The highest BCUT2D eigenvalue weighted by atomic mass is 19.4. The summed E-state index contributed by atoms with van der Waals surface area (Å²) in [5.74, 6) is 4.55. The number of ether oxygens (including phenoxy) is 1. The Hall–Kier alpha value is -1.80. The number of rotatable bonds is 9. The van der Waals surface area contributed by atoms with Crippen LogP contribution in [0.15, 0.2) is 36.9 Å². The first kappa shape index (κ1) is 25.8. The number of allylic oxidation sites excluding steroid dienone is 1. The maximum Gasteiger partial charge on any atom is 0.445 e. The molecule has 1 atom stereocenters. The fourth-order valence-corrected chi connectivity index (χ4v) is 5.51. The molecule has 182 valence electrons. The average molecular weight is 465 g/mol. The molecule has 0 heterocycles. The van der Waals surface area contributed by atoms with E-state index in [9.17, 15) is 17.6 Å². The lowest BCUT2D eigenvalue weighted by Crippen LogP contribution is -2.37. The van der Waals surface area contributed by atoms with E-state index in [2.05, 4.69) is 41.5 Å².